The number of hydrogen-bond acceptors (Lipinski definition) is 2. The van der Waals surface area contributed by atoms with Crippen molar-refractivity contribution in [3.8, 4) is 5.75 Å². The van der Waals surface area contributed by atoms with E-state index in [1.807, 2.05) is 12.1 Å². The molecule has 1 atom stereocenters. The van der Waals surface area contributed by atoms with Crippen LogP contribution in [0.2, 0.25) is 0 Å². The molecule has 0 saturated carbocycles. The molecule has 0 aromatic heterocycles. The minimum Gasteiger partial charge on any atom is -0.508 e. The number of aromatic hydroxyl groups is 1. The molecule has 75 valence electrons. The number of nitrogens with zero attached hydrogens (tertiary/aromatic N) is 1. The molecule has 3 heteroatoms. The minimum absolute atomic E-state index is 0.324. The molecule has 1 aliphatic rings. The summed E-state index contributed by atoms with van der Waals surface area (Å²) in [5.41, 5.74) is 1.20. The lowest BCUT2D eigenvalue weighted by atomic mass is 10.2. The van der Waals surface area contributed by atoms with Crippen LogP contribution < -0.4 is 10.6 Å². The standard InChI is InChI=1S/C11H15N2O/c14-11-3-1-9(2-4-11)7-13-10-5-6-12-8-10/h1-4,10,13-14H,5-8H2. The van der Waals surface area contributed by atoms with Crippen molar-refractivity contribution in [2.75, 3.05) is 13.1 Å². The first-order chi connectivity index (χ1) is 6.84. The van der Waals surface area contributed by atoms with Crippen LogP contribution in [0.25, 0.3) is 0 Å². The van der Waals surface area contributed by atoms with Crippen LogP contribution in [0, 0.1) is 0 Å². The number of hydrogen-bond donors (Lipinski definition) is 2. The highest BCUT2D eigenvalue weighted by Gasteiger charge is 2.13. The van der Waals surface area contributed by atoms with Gasteiger partial charge in [-0.2, -0.15) is 0 Å². The second-order valence-electron chi connectivity index (χ2n) is 3.66. The first-order valence-corrected chi connectivity index (χ1v) is 4.99. The van der Waals surface area contributed by atoms with Crippen molar-refractivity contribution in [1.82, 2.24) is 10.6 Å². The maximum Gasteiger partial charge on any atom is 0.115 e. The smallest absolute Gasteiger partial charge is 0.115 e. The number of rotatable bonds is 3. The molecule has 1 saturated heterocycles. The average Bonchev–Trinajstić information content (AvgIpc) is 2.70. The summed E-state index contributed by atoms with van der Waals surface area (Å²) in [6.07, 6.45) is 1.15. The summed E-state index contributed by atoms with van der Waals surface area (Å²) in [6.45, 7) is 2.80. The first kappa shape index (κ1) is 9.49. The third-order valence-corrected chi connectivity index (χ3v) is 2.52. The van der Waals surface area contributed by atoms with Crippen LogP contribution in [-0.2, 0) is 6.54 Å². The summed E-state index contributed by atoms with van der Waals surface area (Å²) in [5, 5.41) is 16.8. The Kier molecular flexibility index (Phi) is 3.01. The number of nitrogens with one attached hydrogen (secondary N) is 1. The summed E-state index contributed by atoms with van der Waals surface area (Å²) < 4.78 is 0. The van der Waals surface area contributed by atoms with E-state index in [-0.39, 0.29) is 0 Å². The van der Waals surface area contributed by atoms with Gasteiger partial charge in [-0.1, -0.05) is 12.1 Å². The van der Waals surface area contributed by atoms with Gasteiger partial charge in [0.05, 0.1) is 0 Å². The summed E-state index contributed by atoms with van der Waals surface area (Å²) in [6, 6.07) is 7.86. The highest BCUT2D eigenvalue weighted by molar-refractivity contribution is 5.25. The van der Waals surface area contributed by atoms with Crippen molar-refractivity contribution in [2.45, 2.75) is 19.0 Å². The second kappa shape index (κ2) is 4.44. The van der Waals surface area contributed by atoms with Gasteiger partial charge in [-0.3, -0.25) is 0 Å². The topological polar surface area (TPSA) is 46.4 Å². The fourth-order valence-corrected chi connectivity index (χ4v) is 1.63. The van der Waals surface area contributed by atoms with E-state index in [1.54, 1.807) is 12.1 Å². The molecule has 2 N–H and O–H groups in total. The van der Waals surface area contributed by atoms with Crippen molar-refractivity contribution in [3.63, 3.8) is 0 Å². The van der Waals surface area contributed by atoms with Gasteiger partial charge in [-0.25, -0.2) is 5.32 Å². The SMILES string of the molecule is Oc1ccc(CNC2CC[N]C2)cc1. The van der Waals surface area contributed by atoms with Gasteiger partial charge < -0.3 is 10.4 Å². The molecule has 1 radical (unpaired) electrons. The highest BCUT2D eigenvalue weighted by atomic mass is 16.3. The average molecular weight is 191 g/mol. The maximum absolute atomic E-state index is 9.10. The predicted octanol–water partition coefficient (Wildman–Crippen LogP) is 0.859. The quantitative estimate of drug-likeness (QED) is 0.744. The summed E-state index contributed by atoms with van der Waals surface area (Å²) >= 11 is 0. The minimum atomic E-state index is 0.324. The summed E-state index contributed by atoms with van der Waals surface area (Å²) in [7, 11) is 0. The molecule has 14 heavy (non-hydrogen) atoms. The fourth-order valence-electron chi connectivity index (χ4n) is 1.63. The Hall–Kier alpha value is -1.06. The van der Waals surface area contributed by atoms with Crippen LogP contribution in [0.3, 0.4) is 0 Å². The number of phenols is 1. The molecule has 1 fully saturated rings. The zero-order valence-electron chi connectivity index (χ0n) is 8.11. The highest BCUT2D eigenvalue weighted by Crippen LogP contribution is 2.10. The lowest BCUT2D eigenvalue weighted by Gasteiger charge is -2.10. The maximum atomic E-state index is 9.10. The molecule has 0 aliphatic carbocycles. The predicted molar refractivity (Wildman–Crippen MR) is 55.2 cm³/mol. The number of phenolic OH excluding ortho intramolecular Hbond substituents is 1. The lowest BCUT2D eigenvalue weighted by Crippen LogP contribution is -2.29. The Bertz CT molecular complexity index is 278. The van der Waals surface area contributed by atoms with E-state index >= 15 is 0 Å². The van der Waals surface area contributed by atoms with E-state index in [2.05, 4.69) is 10.6 Å². The third kappa shape index (κ3) is 2.47. The van der Waals surface area contributed by atoms with Crippen LogP contribution in [0.1, 0.15) is 12.0 Å². The molecule has 0 spiro atoms. The van der Waals surface area contributed by atoms with Gasteiger partial charge in [0.1, 0.15) is 5.75 Å². The number of benzene rings is 1. The van der Waals surface area contributed by atoms with Gasteiger partial charge in [0.2, 0.25) is 0 Å². The molecule has 1 aromatic carbocycles. The van der Waals surface area contributed by atoms with E-state index in [0.29, 0.717) is 11.8 Å². The zero-order chi connectivity index (χ0) is 9.80. The monoisotopic (exact) mass is 191 g/mol. The van der Waals surface area contributed by atoms with E-state index in [9.17, 15) is 0 Å². The van der Waals surface area contributed by atoms with Gasteiger partial charge in [0, 0.05) is 25.7 Å². The Morgan fingerprint density at radius 2 is 2.14 bits per heavy atom. The van der Waals surface area contributed by atoms with E-state index in [1.165, 1.54) is 5.56 Å². The molecular weight excluding hydrogens is 176 g/mol. The lowest BCUT2D eigenvalue weighted by molar-refractivity contribution is 0.474. The van der Waals surface area contributed by atoms with Crippen molar-refractivity contribution in [2.24, 2.45) is 0 Å². The molecular formula is C11H15N2O. The Balaban J connectivity index is 1.82. The van der Waals surface area contributed by atoms with Crippen molar-refractivity contribution in [3.05, 3.63) is 29.8 Å². The van der Waals surface area contributed by atoms with Crippen LogP contribution >= 0.6 is 0 Å². The first-order valence-electron chi connectivity index (χ1n) is 4.99. The fraction of sp³-hybridized carbons (Fsp3) is 0.455. The molecule has 2 rings (SSSR count). The van der Waals surface area contributed by atoms with Crippen LogP contribution in [0.4, 0.5) is 0 Å². The van der Waals surface area contributed by atoms with Crippen molar-refractivity contribution >= 4 is 0 Å². The molecule has 0 amide bonds. The van der Waals surface area contributed by atoms with E-state index < -0.39 is 0 Å². The summed E-state index contributed by atoms with van der Waals surface area (Å²) in [5.74, 6) is 0.324. The Morgan fingerprint density at radius 1 is 1.36 bits per heavy atom. The van der Waals surface area contributed by atoms with Gasteiger partial charge in [0.15, 0.2) is 0 Å². The Morgan fingerprint density at radius 3 is 2.79 bits per heavy atom. The van der Waals surface area contributed by atoms with Crippen LogP contribution in [0.5, 0.6) is 5.75 Å². The molecule has 3 nitrogen and oxygen atoms in total. The van der Waals surface area contributed by atoms with Gasteiger partial charge in [0.25, 0.3) is 0 Å². The van der Waals surface area contributed by atoms with Gasteiger partial charge in [-0.05, 0) is 24.1 Å². The molecule has 1 heterocycles. The van der Waals surface area contributed by atoms with E-state index in [4.69, 9.17) is 5.11 Å². The van der Waals surface area contributed by atoms with Crippen molar-refractivity contribution < 1.29 is 5.11 Å². The van der Waals surface area contributed by atoms with Crippen LogP contribution in [0.15, 0.2) is 24.3 Å². The van der Waals surface area contributed by atoms with Gasteiger partial charge >= 0.3 is 0 Å². The van der Waals surface area contributed by atoms with Gasteiger partial charge in [-0.15, -0.1) is 0 Å². The Labute approximate surface area is 84.1 Å². The normalized spacial score (nSPS) is 21.3. The van der Waals surface area contributed by atoms with Crippen LogP contribution in [-0.4, -0.2) is 24.2 Å². The largest absolute Gasteiger partial charge is 0.508 e. The molecule has 0 bridgehead atoms. The zero-order valence-corrected chi connectivity index (χ0v) is 8.11. The second-order valence-corrected chi connectivity index (χ2v) is 3.66. The van der Waals surface area contributed by atoms with E-state index in [0.717, 1.165) is 26.1 Å². The molecule has 1 aromatic rings. The molecule has 1 unspecified atom stereocenters. The third-order valence-electron chi connectivity index (χ3n) is 2.52. The molecule has 1 aliphatic heterocycles. The summed E-state index contributed by atoms with van der Waals surface area (Å²) in [4.78, 5) is 0. The van der Waals surface area contributed by atoms with Crippen molar-refractivity contribution in [1.29, 1.82) is 0 Å².